The molecule has 0 aliphatic rings. The molecule has 0 saturated heterocycles. The Labute approximate surface area is 216 Å². The highest BCUT2D eigenvalue weighted by Gasteiger charge is 2.11. The number of halogens is 2. The third-order valence-corrected chi connectivity index (χ3v) is 5.77. The van der Waals surface area contributed by atoms with Gasteiger partial charge in [0.25, 0.3) is 0 Å². The lowest BCUT2D eigenvalue weighted by Crippen LogP contribution is -1.99. The molecule has 9 heteroatoms. The lowest BCUT2D eigenvalue weighted by Gasteiger charge is -2.12. The molecule has 186 valence electrons. The van der Waals surface area contributed by atoms with E-state index in [0.717, 1.165) is 16.5 Å². The van der Waals surface area contributed by atoms with Gasteiger partial charge in [-0.2, -0.15) is 0 Å². The number of nitrogens with one attached hydrogen (secondary N) is 1. The number of nitrogens with zero attached hydrogens (tertiary/aromatic N) is 2. The Bertz CT molecular complexity index is 1590. The fourth-order valence-corrected chi connectivity index (χ4v) is 3.95. The molecule has 5 aromatic rings. The molecule has 1 N–H and O–H groups in total. The number of rotatable bonds is 8. The van der Waals surface area contributed by atoms with E-state index in [9.17, 15) is 9.18 Å². The molecular weight excluding hydrogens is 497 g/mol. The second-order valence-electron chi connectivity index (χ2n) is 8.19. The van der Waals surface area contributed by atoms with Gasteiger partial charge in [0, 0.05) is 23.6 Å². The first kappa shape index (κ1) is 24.3. The summed E-state index contributed by atoms with van der Waals surface area (Å²) >= 11 is 6.45. The van der Waals surface area contributed by atoms with Crippen LogP contribution in [0.1, 0.15) is 18.2 Å². The maximum absolute atomic E-state index is 13.4. The predicted molar refractivity (Wildman–Crippen MR) is 138 cm³/mol. The van der Waals surface area contributed by atoms with Crippen molar-refractivity contribution in [2.75, 3.05) is 5.32 Å². The third-order valence-electron chi connectivity index (χ3n) is 5.48. The van der Waals surface area contributed by atoms with Gasteiger partial charge in [0.2, 0.25) is 0 Å². The van der Waals surface area contributed by atoms with Gasteiger partial charge in [0.05, 0.1) is 10.5 Å². The van der Waals surface area contributed by atoms with Crippen LogP contribution in [0.4, 0.5) is 15.9 Å². The summed E-state index contributed by atoms with van der Waals surface area (Å²) in [5.74, 6) is 1.55. The molecule has 0 bridgehead atoms. The topological polar surface area (TPSA) is 86.5 Å². The summed E-state index contributed by atoms with van der Waals surface area (Å²) in [5, 5.41) is 4.46. The Kier molecular flexibility index (Phi) is 7.00. The van der Waals surface area contributed by atoms with Gasteiger partial charge in [-0.3, -0.25) is 4.79 Å². The molecule has 7 nitrogen and oxygen atoms in total. The van der Waals surface area contributed by atoms with Crippen LogP contribution >= 0.6 is 11.6 Å². The SMILES string of the molecule is CC(=O)OCc1ccc(-c2ccc3ncnc(Nc4ccc(OCc5cccc(F)c5)c(Cl)c4)c3c2)o1. The molecule has 2 aromatic heterocycles. The van der Waals surface area contributed by atoms with Crippen LogP contribution < -0.4 is 10.1 Å². The Morgan fingerprint density at radius 3 is 2.73 bits per heavy atom. The van der Waals surface area contributed by atoms with Gasteiger partial charge >= 0.3 is 5.97 Å². The molecule has 0 saturated carbocycles. The first-order valence-electron chi connectivity index (χ1n) is 11.4. The number of fused-ring (bicyclic) bond motifs is 1. The Morgan fingerprint density at radius 2 is 1.92 bits per heavy atom. The van der Waals surface area contributed by atoms with Crippen molar-refractivity contribution in [2.45, 2.75) is 20.1 Å². The molecule has 37 heavy (non-hydrogen) atoms. The van der Waals surface area contributed by atoms with Gasteiger partial charge in [-0.15, -0.1) is 0 Å². The van der Waals surface area contributed by atoms with Crippen LogP contribution in [0.2, 0.25) is 5.02 Å². The van der Waals surface area contributed by atoms with Crippen molar-refractivity contribution in [1.82, 2.24) is 9.97 Å². The second-order valence-corrected chi connectivity index (χ2v) is 8.60. The molecule has 0 aliphatic heterocycles. The lowest BCUT2D eigenvalue weighted by atomic mass is 10.1. The molecule has 5 rings (SSSR count). The first-order chi connectivity index (χ1) is 17.9. The van der Waals surface area contributed by atoms with Crippen molar-refractivity contribution in [3.8, 4) is 17.1 Å². The number of esters is 1. The summed E-state index contributed by atoms with van der Waals surface area (Å²) in [4.78, 5) is 19.8. The molecule has 0 fully saturated rings. The summed E-state index contributed by atoms with van der Waals surface area (Å²) in [6.45, 7) is 1.61. The third kappa shape index (κ3) is 5.87. The molecule has 0 unspecified atom stereocenters. The number of hydrogen-bond donors (Lipinski definition) is 1. The van der Waals surface area contributed by atoms with E-state index in [1.165, 1.54) is 25.4 Å². The standard InChI is InChI=1S/C28H21ClFN3O4/c1-17(34)35-15-22-7-10-26(37-22)19-5-8-25-23(12-19)28(32-16-31-25)33-21-6-9-27(24(29)13-21)36-14-18-3-2-4-20(30)11-18/h2-13,16H,14-15H2,1H3,(H,31,32,33). The van der Waals surface area contributed by atoms with Crippen LogP contribution in [0.5, 0.6) is 5.75 Å². The van der Waals surface area contributed by atoms with Crippen molar-refractivity contribution in [3.63, 3.8) is 0 Å². The van der Waals surface area contributed by atoms with Crippen molar-refractivity contribution in [3.05, 3.63) is 101 Å². The van der Waals surface area contributed by atoms with Crippen molar-refractivity contribution in [2.24, 2.45) is 0 Å². The van der Waals surface area contributed by atoms with Crippen LogP contribution in [0.25, 0.3) is 22.2 Å². The summed E-state index contributed by atoms with van der Waals surface area (Å²) in [7, 11) is 0. The van der Waals surface area contributed by atoms with Crippen LogP contribution in [0.3, 0.4) is 0 Å². The normalized spacial score (nSPS) is 10.9. The second kappa shape index (κ2) is 10.7. The maximum atomic E-state index is 13.4. The Morgan fingerprint density at radius 1 is 1.03 bits per heavy atom. The van der Waals surface area contributed by atoms with E-state index < -0.39 is 0 Å². The molecule has 0 spiro atoms. The summed E-state index contributed by atoms with van der Waals surface area (Å²) in [5.41, 5.74) is 2.97. The molecule has 2 heterocycles. The molecule has 3 aromatic carbocycles. The smallest absolute Gasteiger partial charge is 0.303 e. The molecule has 0 radical (unpaired) electrons. The van der Waals surface area contributed by atoms with E-state index in [1.54, 1.807) is 30.3 Å². The van der Waals surface area contributed by atoms with Gasteiger partial charge in [0.15, 0.2) is 0 Å². The quantitative estimate of drug-likeness (QED) is 0.220. The number of ether oxygens (including phenoxy) is 2. The van der Waals surface area contributed by atoms with Crippen LogP contribution in [-0.4, -0.2) is 15.9 Å². The van der Waals surface area contributed by atoms with Crippen molar-refractivity contribution < 1.29 is 23.1 Å². The maximum Gasteiger partial charge on any atom is 0.303 e. The lowest BCUT2D eigenvalue weighted by molar-refractivity contribution is -0.142. The van der Waals surface area contributed by atoms with Crippen LogP contribution in [0.15, 0.2) is 83.5 Å². The summed E-state index contributed by atoms with van der Waals surface area (Å²) in [6.07, 6.45) is 1.48. The van der Waals surface area contributed by atoms with Gasteiger partial charge in [0.1, 0.15) is 48.4 Å². The largest absolute Gasteiger partial charge is 0.487 e. The molecule has 0 amide bonds. The Hall–Kier alpha value is -4.43. The minimum Gasteiger partial charge on any atom is -0.487 e. The zero-order valence-corrected chi connectivity index (χ0v) is 20.5. The van der Waals surface area contributed by atoms with E-state index in [1.807, 2.05) is 30.3 Å². The molecule has 0 atom stereocenters. The predicted octanol–water partition coefficient (Wildman–Crippen LogP) is 7.07. The number of furan rings is 1. The zero-order valence-electron chi connectivity index (χ0n) is 19.7. The van der Waals surface area contributed by atoms with Crippen molar-refractivity contribution in [1.29, 1.82) is 0 Å². The van der Waals surface area contributed by atoms with E-state index in [4.69, 9.17) is 25.5 Å². The minimum absolute atomic E-state index is 0.0710. The van der Waals surface area contributed by atoms with Gasteiger partial charge < -0.3 is 19.2 Å². The summed E-state index contributed by atoms with van der Waals surface area (Å²) in [6, 6.07) is 20.8. The average Bonchev–Trinajstić information content (AvgIpc) is 3.36. The van der Waals surface area contributed by atoms with Gasteiger partial charge in [-0.05, 0) is 66.2 Å². The molecule has 0 aliphatic carbocycles. The number of hydrogen-bond acceptors (Lipinski definition) is 7. The minimum atomic E-state index is -0.372. The monoisotopic (exact) mass is 517 g/mol. The zero-order chi connectivity index (χ0) is 25.8. The van der Waals surface area contributed by atoms with E-state index in [2.05, 4.69) is 15.3 Å². The van der Waals surface area contributed by atoms with Gasteiger partial charge in [-0.25, -0.2) is 14.4 Å². The highest BCUT2D eigenvalue weighted by molar-refractivity contribution is 6.32. The highest BCUT2D eigenvalue weighted by Crippen LogP contribution is 2.33. The van der Waals surface area contributed by atoms with Crippen molar-refractivity contribution >= 4 is 40.0 Å². The molecular formula is C28H21ClFN3O4. The number of benzene rings is 3. The number of carbonyl (C=O) groups is 1. The first-order valence-corrected chi connectivity index (χ1v) is 11.7. The number of anilines is 2. The average molecular weight is 518 g/mol. The van der Waals surface area contributed by atoms with E-state index >= 15 is 0 Å². The fraction of sp³-hybridized carbons (Fsp3) is 0.107. The number of aromatic nitrogens is 2. The van der Waals surface area contributed by atoms with Crippen LogP contribution in [0, 0.1) is 5.82 Å². The van der Waals surface area contributed by atoms with E-state index in [-0.39, 0.29) is 25.0 Å². The highest BCUT2D eigenvalue weighted by atomic mass is 35.5. The Balaban J connectivity index is 1.35. The summed E-state index contributed by atoms with van der Waals surface area (Å²) < 4.78 is 30.0. The van der Waals surface area contributed by atoms with Crippen LogP contribution in [-0.2, 0) is 22.7 Å². The fourth-order valence-electron chi connectivity index (χ4n) is 3.71. The number of carbonyl (C=O) groups excluding carboxylic acids is 1. The van der Waals surface area contributed by atoms with Gasteiger partial charge in [-0.1, -0.05) is 23.7 Å². The van der Waals surface area contributed by atoms with E-state index in [0.29, 0.717) is 39.4 Å².